The summed E-state index contributed by atoms with van der Waals surface area (Å²) in [6, 6.07) is 13.9. The third-order valence-electron chi connectivity index (χ3n) is 2.37. The predicted molar refractivity (Wildman–Crippen MR) is 69.0 cm³/mol. The molecule has 3 heteroatoms. The van der Waals surface area contributed by atoms with E-state index in [4.69, 9.17) is 4.74 Å². The van der Waals surface area contributed by atoms with Gasteiger partial charge in [0, 0.05) is 5.39 Å². The Morgan fingerprint density at radius 3 is 2.56 bits per heavy atom. The van der Waals surface area contributed by atoms with E-state index < -0.39 is 11.1 Å². The van der Waals surface area contributed by atoms with Crippen LogP contribution >= 0.6 is 15.9 Å². The molecule has 2 aromatic carbocycles. The van der Waals surface area contributed by atoms with Crippen molar-refractivity contribution in [2.24, 2.45) is 0 Å². The van der Waals surface area contributed by atoms with Crippen LogP contribution in [0.25, 0.3) is 10.8 Å². The fourth-order valence-electron chi connectivity index (χ4n) is 1.52. The fraction of sp³-hybridized carbons (Fsp3) is 0.231. The minimum atomic E-state index is -0.557. The maximum Gasteiger partial charge on any atom is 0.178 e. The van der Waals surface area contributed by atoms with Crippen LogP contribution in [-0.2, 0) is 0 Å². The predicted octanol–water partition coefficient (Wildman–Crippen LogP) is 3.32. The number of hydrogen-bond donors (Lipinski definition) is 1. The summed E-state index contributed by atoms with van der Waals surface area (Å²) in [6.45, 7) is 1.69. The largest absolute Gasteiger partial charge is 0.476 e. The van der Waals surface area contributed by atoms with Gasteiger partial charge >= 0.3 is 0 Å². The number of aliphatic hydroxyl groups is 1. The van der Waals surface area contributed by atoms with Crippen LogP contribution in [0.5, 0.6) is 5.75 Å². The van der Waals surface area contributed by atoms with Gasteiger partial charge in [-0.3, -0.25) is 0 Å². The lowest BCUT2D eigenvalue weighted by Crippen LogP contribution is -2.22. The molecule has 2 aromatic rings. The Labute approximate surface area is 103 Å². The first-order chi connectivity index (χ1) is 7.68. The number of hydrogen-bond acceptors (Lipinski definition) is 2. The smallest absolute Gasteiger partial charge is 0.178 e. The number of benzene rings is 2. The van der Waals surface area contributed by atoms with Crippen LogP contribution in [-0.4, -0.2) is 16.2 Å². The van der Waals surface area contributed by atoms with Gasteiger partial charge in [0.25, 0.3) is 0 Å². The summed E-state index contributed by atoms with van der Waals surface area (Å²) < 4.78 is 5.66. The summed E-state index contributed by atoms with van der Waals surface area (Å²) >= 11 is 3.29. The Kier molecular flexibility index (Phi) is 3.46. The fourth-order valence-corrected chi connectivity index (χ4v) is 1.72. The highest BCUT2D eigenvalue weighted by molar-refractivity contribution is 9.09. The Morgan fingerprint density at radius 1 is 1.12 bits per heavy atom. The zero-order chi connectivity index (χ0) is 11.5. The molecule has 0 saturated heterocycles. The summed E-state index contributed by atoms with van der Waals surface area (Å²) in [6.07, 6.45) is -0.557. The van der Waals surface area contributed by atoms with Crippen LogP contribution in [0, 0.1) is 0 Å². The molecule has 1 N–H and O–H groups in total. The number of aliphatic hydroxyl groups excluding tert-OH is 1. The van der Waals surface area contributed by atoms with E-state index >= 15 is 0 Å². The highest BCUT2D eigenvalue weighted by Gasteiger charge is 2.13. The van der Waals surface area contributed by atoms with Crippen LogP contribution in [0.1, 0.15) is 6.92 Å². The molecular formula is C13H13BrO2. The monoisotopic (exact) mass is 280 g/mol. The molecule has 16 heavy (non-hydrogen) atoms. The van der Waals surface area contributed by atoms with Crippen molar-refractivity contribution in [3.63, 3.8) is 0 Å². The average Bonchev–Trinajstić information content (AvgIpc) is 2.29. The molecule has 0 bridgehead atoms. The standard InChI is InChI=1S/C13H13BrO2/c1-9(15)13(14)16-12-8-4-6-10-5-2-3-7-11(10)12/h2-9,13,15H,1H3. The highest BCUT2D eigenvalue weighted by atomic mass is 79.9. The molecular weight excluding hydrogens is 268 g/mol. The first-order valence-corrected chi connectivity index (χ1v) is 6.06. The molecule has 0 heterocycles. The van der Waals surface area contributed by atoms with E-state index in [1.165, 1.54) is 0 Å². The number of rotatable bonds is 3. The molecule has 0 aliphatic rings. The third-order valence-corrected chi connectivity index (χ3v) is 3.32. The Hall–Kier alpha value is -1.06. The van der Waals surface area contributed by atoms with Gasteiger partial charge in [0.15, 0.2) is 5.01 Å². The van der Waals surface area contributed by atoms with E-state index in [9.17, 15) is 5.11 Å². The van der Waals surface area contributed by atoms with E-state index in [1.54, 1.807) is 6.92 Å². The Morgan fingerprint density at radius 2 is 1.81 bits per heavy atom. The van der Waals surface area contributed by atoms with E-state index in [2.05, 4.69) is 15.9 Å². The number of halogens is 1. The Balaban J connectivity index is 2.37. The summed E-state index contributed by atoms with van der Waals surface area (Å²) in [7, 11) is 0. The first-order valence-electron chi connectivity index (χ1n) is 5.15. The van der Waals surface area contributed by atoms with Crippen molar-refractivity contribution in [1.82, 2.24) is 0 Å². The van der Waals surface area contributed by atoms with Crippen LogP contribution in [0.2, 0.25) is 0 Å². The van der Waals surface area contributed by atoms with Gasteiger partial charge in [-0.05, 0) is 34.3 Å². The second-order valence-corrected chi connectivity index (χ2v) is 4.59. The third kappa shape index (κ3) is 2.36. The van der Waals surface area contributed by atoms with Crippen molar-refractivity contribution in [2.75, 3.05) is 0 Å². The highest BCUT2D eigenvalue weighted by Crippen LogP contribution is 2.27. The summed E-state index contributed by atoms with van der Waals surface area (Å²) in [4.78, 5) is 0. The van der Waals surface area contributed by atoms with Crippen LogP contribution in [0.15, 0.2) is 42.5 Å². The molecule has 0 radical (unpaired) electrons. The average molecular weight is 281 g/mol. The molecule has 2 atom stereocenters. The van der Waals surface area contributed by atoms with Crippen LogP contribution in [0.4, 0.5) is 0 Å². The molecule has 84 valence electrons. The van der Waals surface area contributed by atoms with Gasteiger partial charge in [0.05, 0.1) is 6.10 Å². The zero-order valence-electron chi connectivity index (χ0n) is 8.93. The van der Waals surface area contributed by atoms with E-state index in [0.29, 0.717) is 0 Å². The maximum absolute atomic E-state index is 9.38. The number of alkyl halides is 1. The van der Waals surface area contributed by atoms with Gasteiger partial charge < -0.3 is 9.84 Å². The topological polar surface area (TPSA) is 29.5 Å². The lowest BCUT2D eigenvalue weighted by Gasteiger charge is -2.16. The Bertz CT molecular complexity index is 477. The summed E-state index contributed by atoms with van der Waals surface area (Å²) in [5.41, 5.74) is 0. The van der Waals surface area contributed by atoms with Gasteiger partial charge in [0.1, 0.15) is 5.75 Å². The van der Waals surface area contributed by atoms with E-state index in [-0.39, 0.29) is 0 Å². The quantitative estimate of drug-likeness (QED) is 0.874. The second-order valence-electron chi connectivity index (χ2n) is 3.69. The van der Waals surface area contributed by atoms with Gasteiger partial charge in [0.2, 0.25) is 0 Å². The minimum Gasteiger partial charge on any atom is -0.476 e. The molecule has 0 aromatic heterocycles. The van der Waals surface area contributed by atoms with Crippen molar-refractivity contribution in [3.05, 3.63) is 42.5 Å². The lowest BCUT2D eigenvalue weighted by molar-refractivity contribution is 0.106. The van der Waals surface area contributed by atoms with Gasteiger partial charge in [-0.2, -0.15) is 0 Å². The molecule has 2 rings (SSSR count). The number of fused-ring (bicyclic) bond motifs is 1. The summed E-state index contributed by atoms with van der Waals surface area (Å²) in [5, 5.41) is 11.2. The van der Waals surface area contributed by atoms with Gasteiger partial charge in [-0.1, -0.05) is 36.4 Å². The number of ether oxygens (including phenoxy) is 1. The maximum atomic E-state index is 9.38. The molecule has 0 aliphatic heterocycles. The van der Waals surface area contributed by atoms with Crippen LogP contribution < -0.4 is 4.74 Å². The summed E-state index contributed by atoms with van der Waals surface area (Å²) in [5.74, 6) is 0.779. The zero-order valence-corrected chi connectivity index (χ0v) is 10.5. The van der Waals surface area contributed by atoms with E-state index in [0.717, 1.165) is 16.5 Å². The minimum absolute atomic E-state index is 0.390. The van der Waals surface area contributed by atoms with Crippen molar-refractivity contribution in [2.45, 2.75) is 18.0 Å². The van der Waals surface area contributed by atoms with Crippen molar-refractivity contribution in [3.8, 4) is 5.75 Å². The second kappa shape index (κ2) is 4.85. The molecule has 0 aliphatic carbocycles. The molecule has 0 spiro atoms. The molecule has 2 nitrogen and oxygen atoms in total. The van der Waals surface area contributed by atoms with Gasteiger partial charge in [-0.25, -0.2) is 0 Å². The molecule has 0 amide bonds. The van der Waals surface area contributed by atoms with Crippen LogP contribution in [0.3, 0.4) is 0 Å². The van der Waals surface area contributed by atoms with Crippen molar-refractivity contribution < 1.29 is 9.84 Å². The van der Waals surface area contributed by atoms with E-state index in [1.807, 2.05) is 42.5 Å². The molecule has 2 unspecified atom stereocenters. The lowest BCUT2D eigenvalue weighted by atomic mass is 10.1. The van der Waals surface area contributed by atoms with Gasteiger partial charge in [-0.15, -0.1) is 0 Å². The first kappa shape index (κ1) is 11.4. The SMILES string of the molecule is CC(O)C(Br)Oc1cccc2ccccc12. The van der Waals surface area contributed by atoms with Crippen molar-refractivity contribution >= 4 is 26.7 Å². The van der Waals surface area contributed by atoms with Crippen molar-refractivity contribution in [1.29, 1.82) is 0 Å². The molecule has 0 fully saturated rings. The normalized spacial score (nSPS) is 14.7. The molecule has 0 saturated carbocycles.